The topological polar surface area (TPSA) is 83.1 Å². The van der Waals surface area contributed by atoms with Gasteiger partial charge in [0.25, 0.3) is 5.91 Å². The fourth-order valence-corrected chi connectivity index (χ4v) is 3.90. The van der Waals surface area contributed by atoms with Crippen LogP contribution in [0.15, 0.2) is 60.7 Å². The third-order valence-corrected chi connectivity index (χ3v) is 5.66. The molecule has 0 aliphatic rings. The molecule has 0 heterocycles. The van der Waals surface area contributed by atoms with E-state index in [-0.39, 0.29) is 5.91 Å². The van der Waals surface area contributed by atoms with Crippen LogP contribution in [0.4, 0.5) is 26.2 Å². The van der Waals surface area contributed by atoms with E-state index < -0.39 is 11.8 Å². The molecule has 3 rings (SSSR count). The molecule has 0 bridgehead atoms. The van der Waals surface area contributed by atoms with Gasteiger partial charge in [-0.2, -0.15) is 0 Å². The molecule has 2 N–H and O–H groups in total. The SMILES string of the molecule is CCCN(Cc1cc(NC(=O)Nc2cc(OC)cc(OC)c2)ccc1N(C)C)C(=O)c1ccc(F)cc1. The summed E-state index contributed by atoms with van der Waals surface area (Å²) in [6.45, 7) is 2.84. The lowest BCUT2D eigenvalue weighted by atomic mass is 10.1. The van der Waals surface area contributed by atoms with Crippen LogP contribution < -0.4 is 25.0 Å². The van der Waals surface area contributed by atoms with Crippen molar-refractivity contribution >= 4 is 29.0 Å². The van der Waals surface area contributed by atoms with E-state index in [1.807, 2.05) is 38.1 Å². The van der Waals surface area contributed by atoms with Gasteiger partial charge in [-0.3, -0.25) is 4.79 Å². The molecule has 0 fully saturated rings. The van der Waals surface area contributed by atoms with E-state index in [9.17, 15) is 14.0 Å². The predicted molar refractivity (Wildman–Crippen MR) is 144 cm³/mol. The van der Waals surface area contributed by atoms with Crippen molar-refractivity contribution < 1.29 is 23.5 Å². The van der Waals surface area contributed by atoms with Gasteiger partial charge in [-0.15, -0.1) is 0 Å². The van der Waals surface area contributed by atoms with Gasteiger partial charge in [-0.1, -0.05) is 6.92 Å². The van der Waals surface area contributed by atoms with Gasteiger partial charge in [0.05, 0.1) is 14.2 Å². The highest BCUT2D eigenvalue weighted by atomic mass is 19.1. The average molecular weight is 509 g/mol. The second kappa shape index (κ2) is 12.6. The number of anilines is 3. The molecule has 0 spiro atoms. The Morgan fingerprint density at radius 1 is 0.865 bits per heavy atom. The van der Waals surface area contributed by atoms with E-state index in [0.717, 1.165) is 17.7 Å². The summed E-state index contributed by atoms with van der Waals surface area (Å²) in [6.07, 6.45) is 0.759. The van der Waals surface area contributed by atoms with Gasteiger partial charge in [0.2, 0.25) is 0 Å². The number of nitrogens with one attached hydrogen (secondary N) is 2. The van der Waals surface area contributed by atoms with E-state index in [4.69, 9.17) is 9.47 Å². The number of nitrogens with zero attached hydrogens (tertiary/aromatic N) is 2. The molecule has 3 aromatic rings. The zero-order chi connectivity index (χ0) is 26.9. The monoisotopic (exact) mass is 508 g/mol. The standard InChI is InChI=1S/C28H33FN4O4/c1-6-13-33(27(34)19-7-9-21(29)10-8-19)18-20-14-22(11-12-26(20)32(2)3)30-28(35)31-23-15-24(36-4)17-25(16-23)37-5/h7-12,14-17H,6,13,18H2,1-5H3,(H2,30,31,35). The summed E-state index contributed by atoms with van der Waals surface area (Å²) in [4.78, 5) is 29.6. The number of urea groups is 1. The fraction of sp³-hybridized carbons (Fsp3) is 0.286. The number of hydrogen-bond acceptors (Lipinski definition) is 5. The van der Waals surface area contributed by atoms with Gasteiger partial charge < -0.3 is 29.9 Å². The van der Waals surface area contributed by atoms with Crippen LogP contribution in [0.3, 0.4) is 0 Å². The maximum Gasteiger partial charge on any atom is 0.323 e. The number of amides is 3. The van der Waals surface area contributed by atoms with Crippen molar-refractivity contribution in [1.29, 1.82) is 0 Å². The molecule has 0 saturated carbocycles. The van der Waals surface area contributed by atoms with Crippen LogP contribution in [0, 0.1) is 5.82 Å². The maximum absolute atomic E-state index is 13.4. The number of ether oxygens (including phenoxy) is 2. The summed E-state index contributed by atoms with van der Waals surface area (Å²) in [6, 6.07) is 15.7. The van der Waals surface area contributed by atoms with Crippen LogP contribution in [0.25, 0.3) is 0 Å². The Labute approximate surface area is 217 Å². The van der Waals surface area contributed by atoms with Gasteiger partial charge >= 0.3 is 6.03 Å². The molecule has 0 aromatic heterocycles. The lowest BCUT2D eigenvalue weighted by Crippen LogP contribution is -2.32. The van der Waals surface area contributed by atoms with Crippen molar-refractivity contribution in [1.82, 2.24) is 4.90 Å². The van der Waals surface area contributed by atoms with Crippen LogP contribution >= 0.6 is 0 Å². The largest absolute Gasteiger partial charge is 0.497 e. The van der Waals surface area contributed by atoms with Gasteiger partial charge in [0, 0.05) is 68.0 Å². The van der Waals surface area contributed by atoms with E-state index in [2.05, 4.69) is 10.6 Å². The van der Waals surface area contributed by atoms with E-state index in [0.29, 0.717) is 41.5 Å². The molecule has 8 nitrogen and oxygen atoms in total. The van der Waals surface area contributed by atoms with Gasteiger partial charge in [-0.05, 0) is 54.4 Å². The van der Waals surface area contributed by atoms with Crippen molar-refractivity contribution in [2.75, 3.05) is 50.4 Å². The summed E-state index contributed by atoms with van der Waals surface area (Å²) < 4.78 is 23.9. The van der Waals surface area contributed by atoms with Crippen molar-refractivity contribution in [3.05, 3.63) is 77.6 Å². The minimum atomic E-state index is -0.438. The highest BCUT2D eigenvalue weighted by Gasteiger charge is 2.18. The molecule has 0 unspecified atom stereocenters. The minimum absolute atomic E-state index is 0.186. The molecule has 3 aromatic carbocycles. The highest BCUT2D eigenvalue weighted by Crippen LogP contribution is 2.27. The van der Waals surface area contributed by atoms with Crippen molar-refractivity contribution in [3.63, 3.8) is 0 Å². The third-order valence-electron chi connectivity index (χ3n) is 5.66. The summed E-state index contributed by atoms with van der Waals surface area (Å²) >= 11 is 0. The summed E-state index contributed by atoms with van der Waals surface area (Å²) in [5.74, 6) is 0.524. The van der Waals surface area contributed by atoms with Crippen LogP contribution in [0.1, 0.15) is 29.3 Å². The zero-order valence-electron chi connectivity index (χ0n) is 21.8. The van der Waals surface area contributed by atoms with Crippen molar-refractivity contribution in [3.8, 4) is 11.5 Å². The van der Waals surface area contributed by atoms with Crippen LogP contribution in [-0.4, -0.2) is 51.7 Å². The van der Waals surface area contributed by atoms with E-state index in [1.165, 1.54) is 38.5 Å². The number of carbonyl (C=O) groups excluding carboxylic acids is 2. The quantitative estimate of drug-likeness (QED) is 0.372. The van der Waals surface area contributed by atoms with E-state index >= 15 is 0 Å². The number of benzene rings is 3. The molecule has 37 heavy (non-hydrogen) atoms. The number of methoxy groups -OCH3 is 2. The zero-order valence-corrected chi connectivity index (χ0v) is 21.8. The Morgan fingerprint density at radius 3 is 2.05 bits per heavy atom. The molecule has 9 heteroatoms. The van der Waals surface area contributed by atoms with Crippen molar-refractivity contribution in [2.24, 2.45) is 0 Å². The Kier molecular flexibility index (Phi) is 9.32. The first-order chi connectivity index (χ1) is 17.7. The lowest BCUT2D eigenvalue weighted by molar-refractivity contribution is 0.0743. The molecule has 0 saturated heterocycles. The molecular weight excluding hydrogens is 475 g/mol. The number of rotatable bonds is 10. The smallest absolute Gasteiger partial charge is 0.323 e. The van der Waals surface area contributed by atoms with Crippen LogP contribution in [-0.2, 0) is 6.54 Å². The normalized spacial score (nSPS) is 10.4. The summed E-state index contributed by atoms with van der Waals surface area (Å²) in [5.41, 5.74) is 3.27. The average Bonchev–Trinajstić information content (AvgIpc) is 2.88. The Balaban J connectivity index is 1.82. The first kappa shape index (κ1) is 27.3. The molecular formula is C28H33FN4O4. The molecule has 0 aliphatic heterocycles. The third kappa shape index (κ3) is 7.36. The molecule has 0 atom stereocenters. The van der Waals surface area contributed by atoms with Crippen LogP contribution in [0.5, 0.6) is 11.5 Å². The first-order valence-electron chi connectivity index (χ1n) is 11.9. The Hall–Kier alpha value is -4.27. The van der Waals surface area contributed by atoms with Crippen LogP contribution in [0.2, 0.25) is 0 Å². The molecule has 0 aliphatic carbocycles. The maximum atomic E-state index is 13.4. The molecule has 196 valence electrons. The Morgan fingerprint density at radius 2 is 1.49 bits per heavy atom. The van der Waals surface area contributed by atoms with Gasteiger partial charge in [0.15, 0.2) is 0 Å². The molecule has 3 amide bonds. The predicted octanol–water partition coefficient (Wildman–Crippen LogP) is 5.61. The minimum Gasteiger partial charge on any atom is -0.497 e. The number of carbonyl (C=O) groups is 2. The van der Waals surface area contributed by atoms with Gasteiger partial charge in [-0.25, -0.2) is 9.18 Å². The highest BCUT2D eigenvalue weighted by molar-refractivity contribution is 6.00. The number of halogens is 1. The fourth-order valence-electron chi connectivity index (χ4n) is 3.90. The lowest BCUT2D eigenvalue weighted by Gasteiger charge is -2.26. The number of hydrogen-bond donors (Lipinski definition) is 2. The summed E-state index contributed by atoms with van der Waals surface area (Å²) in [5, 5.41) is 5.64. The second-order valence-electron chi connectivity index (χ2n) is 8.65. The first-order valence-corrected chi connectivity index (χ1v) is 11.9. The van der Waals surface area contributed by atoms with Crippen molar-refractivity contribution in [2.45, 2.75) is 19.9 Å². The van der Waals surface area contributed by atoms with Gasteiger partial charge in [0.1, 0.15) is 17.3 Å². The van der Waals surface area contributed by atoms with E-state index in [1.54, 1.807) is 29.2 Å². The Bertz CT molecular complexity index is 1210. The second-order valence-corrected chi connectivity index (χ2v) is 8.65. The molecule has 0 radical (unpaired) electrons. The summed E-state index contributed by atoms with van der Waals surface area (Å²) in [7, 11) is 6.91.